The summed E-state index contributed by atoms with van der Waals surface area (Å²) in [4.78, 5) is 24.8. The van der Waals surface area contributed by atoms with Crippen molar-refractivity contribution in [2.24, 2.45) is 0 Å². The van der Waals surface area contributed by atoms with Crippen molar-refractivity contribution in [2.75, 3.05) is 0 Å². The van der Waals surface area contributed by atoms with Crippen LogP contribution in [0, 0.1) is 46.0 Å². The molecule has 48 nitrogen and oxygen atoms in total. The summed E-state index contributed by atoms with van der Waals surface area (Å²) in [5.74, 6) is 0. The average Bonchev–Trinajstić information content (AvgIpc) is 1.54. The minimum Gasteiger partial charge on any atom is -0.412 e. The Morgan fingerprint density at radius 2 is 0.163 bits per heavy atom. The monoisotopic (exact) mass is 923 g/mol. The summed E-state index contributed by atoms with van der Waals surface area (Å²) in [5.41, 5.74) is 0. The van der Waals surface area contributed by atoms with Gasteiger partial charge in [0.1, 0.15) is 0 Å². The maximum absolute atomic E-state index is 8.25. The van der Waals surface area contributed by atoms with Gasteiger partial charge in [0.05, 0.1) is 15.3 Å². The van der Waals surface area contributed by atoms with Crippen molar-refractivity contribution >= 4 is 0 Å². The molecule has 0 saturated carbocycles. The molecule has 49 heavy (non-hydrogen) atoms. The molecule has 49 heteroatoms. The number of hydrogen-bond donors (Lipinski definition) is 0. The first-order valence-electron chi connectivity index (χ1n) is 1.64. The minimum absolute atomic E-state index is 0. The molecule has 0 aromatic rings. The molecule has 0 aliphatic carbocycles. The number of rotatable bonds is 0. The average molecular weight is 923 g/mol. The normalized spacial score (nSPS) is 1.47. The summed E-state index contributed by atoms with van der Waals surface area (Å²) in [6.07, 6.45) is 0. The van der Waals surface area contributed by atoms with Gasteiger partial charge in [-0.1, -0.05) is 0 Å². The second kappa shape index (κ2) is 2260. The van der Waals surface area contributed by atoms with Crippen LogP contribution in [0.15, 0.2) is 0 Å². The molecule has 0 rings (SSSR count). The molecule has 0 amide bonds. The van der Waals surface area contributed by atoms with Gasteiger partial charge < -0.3 is 243 Å². The molecular weight excluding hydrogens is 851 g/mol. The van der Waals surface area contributed by atoms with Crippen molar-refractivity contribution < 1.29 is 245 Å². The zero-order valence-corrected chi connectivity index (χ0v) is 26.4. The molecule has 0 bridgehead atoms. The summed E-state index contributed by atoms with van der Waals surface area (Å²) < 4.78 is 0. The second-order valence-electron chi connectivity index (χ2n) is 0.671. The maximum Gasteiger partial charge on any atom is 3.00 e. The Kier molecular flexibility index (Phi) is 111000. The van der Waals surface area contributed by atoms with Crippen molar-refractivity contribution in [3.8, 4) is 0 Å². The van der Waals surface area contributed by atoms with E-state index in [1.807, 2.05) is 0 Å². The van der Waals surface area contributed by atoms with Crippen LogP contribution in [0.5, 0.6) is 0 Å². The van der Waals surface area contributed by atoms with Crippen LogP contribution < -0.4 is 0 Å². The third kappa shape index (κ3) is 11300. The van der Waals surface area contributed by atoms with E-state index in [2.05, 4.69) is 0 Å². The standard InChI is InChI=1S/3NO3.36H2O.Y/c3*2-1(3)4;;;;;;;;;;;;;;;;;;;;;;;;;;;;;;;;;;;;;/h;;;36*1H2;/q3*-1;;;;;;;;;;;;;;;;;;;;;;;;;;;;;;;;;;;;;+3. The molecule has 0 fully saturated rings. The van der Waals surface area contributed by atoms with Gasteiger partial charge in [-0.2, -0.15) is 0 Å². The summed E-state index contributed by atoms with van der Waals surface area (Å²) in [7, 11) is 0. The summed E-state index contributed by atoms with van der Waals surface area (Å²) in [5, 5.41) is 44.2. The molecule has 0 aliphatic rings. The summed E-state index contributed by atoms with van der Waals surface area (Å²) >= 11 is 0. The molecule has 0 aromatic carbocycles. The van der Waals surface area contributed by atoms with Gasteiger partial charge >= 0.3 is 32.7 Å². The fraction of sp³-hybridized carbons (Fsp3) is 0. The van der Waals surface area contributed by atoms with Crippen LogP contribution in [-0.4, -0.2) is 212 Å². The maximum atomic E-state index is 8.25. The van der Waals surface area contributed by atoms with E-state index < -0.39 is 15.3 Å². The first-order valence-corrected chi connectivity index (χ1v) is 1.64. The molecule has 72 N–H and O–H groups in total. The van der Waals surface area contributed by atoms with E-state index in [4.69, 9.17) is 46.0 Å². The molecule has 0 aliphatic heterocycles. The van der Waals surface area contributed by atoms with Crippen LogP contribution in [0.2, 0.25) is 0 Å². The third-order valence-electron chi connectivity index (χ3n) is 0. The van der Waals surface area contributed by atoms with Crippen LogP contribution in [0.3, 0.4) is 0 Å². The van der Waals surface area contributed by atoms with Crippen LogP contribution in [0.4, 0.5) is 0 Å². The topological polar surface area (TPSA) is 1330 Å². The Labute approximate surface area is 291 Å². The minimum atomic E-state index is -1.75. The molecule has 0 atom stereocenters. The van der Waals surface area contributed by atoms with Gasteiger partial charge in [-0.15, -0.1) is 0 Å². The van der Waals surface area contributed by atoms with Crippen LogP contribution >= 0.6 is 0 Å². The van der Waals surface area contributed by atoms with Crippen molar-refractivity contribution in [2.45, 2.75) is 0 Å². The van der Waals surface area contributed by atoms with E-state index in [-0.39, 0.29) is 230 Å². The van der Waals surface area contributed by atoms with Gasteiger partial charge in [0.2, 0.25) is 0 Å². The molecule has 0 saturated heterocycles. The first kappa shape index (κ1) is 2420. The van der Waals surface area contributed by atoms with Crippen molar-refractivity contribution in [3.63, 3.8) is 0 Å². The molecule has 0 heterocycles. The summed E-state index contributed by atoms with van der Waals surface area (Å²) in [6.45, 7) is 0. The van der Waals surface area contributed by atoms with Gasteiger partial charge in [0, 0.05) is 0 Å². The van der Waals surface area contributed by atoms with E-state index in [0.29, 0.717) is 0 Å². The summed E-state index contributed by atoms with van der Waals surface area (Å²) in [6, 6.07) is 0. The molecule has 0 spiro atoms. The smallest absolute Gasteiger partial charge is 0.412 e. The van der Waals surface area contributed by atoms with E-state index in [0.717, 1.165) is 0 Å². The van der Waals surface area contributed by atoms with Crippen molar-refractivity contribution in [1.82, 2.24) is 0 Å². The Bertz CT molecular complexity index is 121. The van der Waals surface area contributed by atoms with Crippen molar-refractivity contribution in [1.29, 1.82) is 0 Å². The van der Waals surface area contributed by atoms with Gasteiger partial charge in [0.25, 0.3) is 0 Å². The molecule has 0 aromatic heterocycles. The Hall–Kier alpha value is -2.74. The quantitative estimate of drug-likeness (QED) is 0.164. The van der Waals surface area contributed by atoms with Gasteiger partial charge in [-0.05, 0) is 0 Å². The van der Waals surface area contributed by atoms with E-state index in [1.165, 1.54) is 0 Å². The Morgan fingerprint density at radius 1 is 0.163 bits per heavy atom. The zero-order chi connectivity index (χ0) is 10.7. The molecular formula is H72N3O45Y. The van der Waals surface area contributed by atoms with Gasteiger partial charge in [0.15, 0.2) is 0 Å². The van der Waals surface area contributed by atoms with Crippen LogP contribution in [0.25, 0.3) is 0 Å². The fourth-order valence-electron chi connectivity index (χ4n) is 0. The van der Waals surface area contributed by atoms with Crippen molar-refractivity contribution in [3.05, 3.63) is 46.0 Å². The molecule has 0 unspecified atom stereocenters. The van der Waals surface area contributed by atoms with E-state index >= 15 is 0 Å². The predicted molar refractivity (Wildman–Crippen MR) is 161 cm³/mol. The van der Waals surface area contributed by atoms with E-state index in [9.17, 15) is 0 Å². The predicted octanol–water partition coefficient (Wildman–Crippen LogP) is -30.4. The van der Waals surface area contributed by atoms with Crippen LogP contribution in [-0.2, 0) is 32.7 Å². The second-order valence-corrected chi connectivity index (χ2v) is 0.671. The molecule has 0 radical (unpaired) electrons. The zero-order valence-electron chi connectivity index (χ0n) is 23.6. The first-order chi connectivity index (χ1) is 5.20. The number of nitrogens with zero attached hydrogens (tertiary/aromatic N) is 3. The third-order valence-corrected chi connectivity index (χ3v) is 0. The number of hydrogen-bond acceptors (Lipinski definition) is 9. The SMILES string of the molecule is O.O.O.O.O.O.O.O.O.O.O.O.O.O.O.O.O.O.O.O.O.O.O.O.O.O.O.O.O.O.O.O.O.O.O.O.O=[N+]([O-])[O-].O=[N+]([O-])[O-].O=[N+]([O-])[O-].[Y+3]. The van der Waals surface area contributed by atoms with Gasteiger partial charge in [-0.3, -0.25) is 0 Å². The Morgan fingerprint density at radius 3 is 0.163 bits per heavy atom. The van der Waals surface area contributed by atoms with Crippen LogP contribution in [0.1, 0.15) is 0 Å². The fourth-order valence-corrected chi connectivity index (χ4v) is 0. The Balaban J connectivity index is -0.000000000474. The molecule has 360 valence electrons. The van der Waals surface area contributed by atoms with E-state index in [1.54, 1.807) is 0 Å². The largest absolute Gasteiger partial charge is 3.00 e. The van der Waals surface area contributed by atoms with Gasteiger partial charge in [-0.25, -0.2) is 0 Å².